The molecule has 3 aromatic carbocycles. The number of rotatable bonds is 9. The van der Waals surface area contributed by atoms with Crippen molar-refractivity contribution in [3.63, 3.8) is 0 Å². The van der Waals surface area contributed by atoms with Crippen LogP contribution in [-0.2, 0) is 14.8 Å². The molecule has 186 valence electrons. The van der Waals surface area contributed by atoms with E-state index in [2.05, 4.69) is 5.32 Å². The summed E-state index contributed by atoms with van der Waals surface area (Å²) < 4.78 is 39.3. The van der Waals surface area contributed by atoms with Gasteiger partial charge in [-0.3, -0.25) is 9.10 Å². The highest BCUT2D eigenvalue weighted by molar-refractivity contribution is 7.92. The van der Waals surface area contributed by atoms with Crippen LogP contribution >= 0.6 is 0 Å². The average Bonchev–Trinajstić information content (AvgIpc) is 2.82. The van der Waals surface area contributed by atoms with Gasteiger partial charge in [0, 0.05) is 6.07 Å². The number of nitrogens with one attached hydrogen (secondary N) is 1. The molecule has 8 heteroatoms. The normalized spacial score (nSPS) is 12.1. The van der Waals surface area contributed by atoms with Crippen LogP contribution in [0.3, 0.4) is 0 Å². The van der Waals surface area contributed by atoms with E-state index in [1.165, 1.54) is 26.4 Å². The van der Waals surface area contributed by atoms with Crippen molar-refractivity contribution < 1.29 is 22.7 Å². The van der Waals surface area contributed by atoms with Gasteiger partial charge in [-0.1, -0.05) is 41.5 Å². The molecule has 1 unspecified atom stereocenters. The van der Waals surface area contributed by atoms with Crippen LogP contribution in [0.5, 0.6) is 11.5 Å². The Morgan fingerprint density at radius 2 is 1.57 bits per heavy atom. The van der Waals surface area contributed by atoms with Crippen LogP contribution in [0.4, 0.5) is 5.69 Å². The van der Waals surface area contributed by atoms with Crippen LogP contribution in [0.1, 0.15) is 35.2 Å². The Labute approximate surface area is 207 Å². The van der Waals surface area contributed by atoms with Gasteiger partial charge in [0.2, 0.25) is 5.91 Å². The summed E-state index contributed by atoms with van der Waals surface area (Å²) in [5.41, 5.74) is 4.29. The fourth-order valence-corrected chi connectivity index (χ4v) is 5.36. The fourth-order valence-electron chi connectivity index (χ4n) is 3.94. The first-order chi connectivity index (χ1) is 16.6. The molecule has 0 radical (unpaired) electrons. The SMILES string of the molecule is COc1ccc(OC)c(N(CC(=O)NC(C)c2ccc(C)cc2C)S(=O)(=O)c2ccc(C)cc2)c1. The largest absolute Gasteiger partial charge is 0.497 e. The van der Waals surface area contributed by atoms with Crippen molar-refractivity contribution in [2.24, 2.45) is 0 Å². The van der Waals surface area contributed by atoms with E-state index in [-0.39, 0.29) is 16.6 Å². The Hall–Kier alpha value is -3.52. The van der Waals surface area contributed by atoms with Crippen LogP contribution in [0.2, 0.25) is 0 Å². The smallest absolute Gasteiger partial charge is 0.264 e. The Balaban J connectivity index is 2.00. The molecular formula is C27H32N2O5S. The molecule has 1 amide bonds. The molecule has 35 heavy (non-hydrogen) atoms. The lowest BCUT2D eigenvalue weighted by atomic mass is 10.0. The standard InChI is InChI=1S/C27H32N2O5S/c1-18-7-11-23(12-8-18)35(31,32)29(25-16-22(33-5)10-14-26(25)34-6)17-27(30)28-21(4)24-13-9-19(2)15-20(24)3/h7-16,21H,17H2,1-6H3,(H,28,30). The van der Waals surface area contributed by atoms with Crippen LogP contribution < -0.4 is 19.1 Å². The van der Waals surface area contributed by atoms with Crippen molar-refractivity contribution in [1.82, 2.24) is 5.32 Å². The summed E-state index contributed by atoms with van der Waals surface area (Å²) in [4.78, 5) is 13.3. The molecule has 3 aromatic rings. The third kappa shape index (κ3) is 5.95. The van der Waals surface area contributed by atoms with Gasteiger partial charge in [0.05, 0.1) is 30.8 Å². The number of hydrogen-bond acceptors (Lipinski definition) is 5. The number of nitrogens with zero attached hydrogens (tertiary/aromatic N) is 1. The fraction of sp³-hybridized carbons (Fsp3) is 0.296. The topological polar surface area (TPSA) is 84.9 Å². The van der Waals surface area contributed by atoms with E-state index in [0.717, 1.165) is 26.6 Å². The minimum Gasteiger partial charge on any atom is -0.497 e. The molecule has 0 saturated heterocycles. The molecule has 3 rings (SSSR count). The molecule has 0 fully saturated rings. The maximum absolute atomic E-state index is 13.7. The van der Waals surface area contributed by atoms with Crippen LogP contribution in [0.25, 0.3) is 0 Å². The molecule has 0 aliphatic heterocycles. The van der Waals surface area contributed by atoms with Crippen LogP contribution in [0, 0.1) is 20.8 Å². The number of anilines is 1. The van der Waals surface area contributed by atoms with Crippen molar-refractivity contribution in [1.29, 1.82) is 0 Å². The van der Waals surface area contributed by atoms with Crippen LogP contribution in [-0.4, -0.2) is 35.1 Å². The zero-order valence-corrected chi connectivity index (χ0v) is 21.8. The zero-order chi connectivity index (χ0) is 25.8. The molecule has 0 spiro atoms. The Morgan fingerprint density at radius 1 is 0.914 bits per heavy atom. The monoisotopic (exact) mass is 496 g/mol. The zero-order valence-electron chi connectivity index (χ0n) is 21.0. The van der Waals surface area contributed by atoms with Gasteiger partial charge in [0.1, 0.15) is 18.0 Å². The molecule has 0 saturated carbocycles. The summed E-state index contributed by atoms with van der Waals surface area (Å²) in [6, 6.07) is 17.0. The summed E-state index contributed by atoms with van der Waals surface area (Å²) in [6.07, 6.45) is 0. The quantitative estimate of drug-likeness (QED) is 0.464. The lowest BCUT2D eigenvalue weighted by Gasteiger charge is -2.27. The first-order valence-electron chi connectivity index (χ1n) is 11.2. The molecule has 7 nitrogen and oxygen atoms in total. The minimum absolute atomic E-state index is 0.0724. The molecule has 1 N–H and O–H groups in total. The number of hydrogen-bond donors (Lipinski definition) is 1. The summed E-state index contributed by atoms with van der Waals surface area (Å²) in [5, 5.41) is 2.94. The lowest BCUT2D eigenvalue weighted by molar-refractivity contribution is -0.120. The Kier molecular flexibility index (Phi) is 8.07. The summed E-state index contributed by atoms with van der Waals surface area (Å²) in [7, 11) is -1.16. The van der Waals surface area contributed by atoms with E-state index in [4.69, 9.17) is 9.47 Å². The van der Waals surface area contributed by atoms with E-state index >= 15 is 0 Å². The minimum atomic E-state index is -4.10. The van der Waals surface area contributed by atoms with E-state index in [9.17, 15) is 13.2 Å². The van der Waals surface area contributed by atoms with E-state index in [1.807, 2.05) is 45.9 Å². The third-order valence-corrected chi connectivity index (χ3v) is 7.59. The highest BCUT2D eigenvalue weighted by atomic mass is 32.2. The van der Waals surface area contributed by atoms with Gasteiger partial charge in [0.15, 0.2) is 0 Å². The van der Waals surface area contributed by atoms with Crippen molar-refractivity contribution in [2.45, 2.75) is 38.6 Å². The molecular weight excluding hydrogens is 464 g/mol. The van der Waals surface area contributed by atoms with Gasteiger partial charge in [-0.05, 0) is 63.1 Å². The van der Waals surface area contributed by atoms with E-state index in [0.29, 0.717) is 11.5 Å². The summed E-state index contributed by atoms with van der Waals surface area (Å²) >= 11 is 0. The Bertz CT molecular complexity index is 1300. The third-order valence-electron chi connectivity index (χ3n) is 5.82. The second-order valence-electron chi connectivity index (χ2n) is 8.51. The van der Waals surface area contributed by atoms with Gasteiger partial charge in [-0.2, -0.15) is 0 Å². The highest BCUT2D eigenvalue weighted by Crippen LogP contribution is 2.35. The predicted molar refractivity (Wildman–Crippen MR) is 138 cm³/mol. The molecule has 0 aliphatic carbocycles. The first kappa shape index (κ1) is 26.1. The molecule has 0 aliphatic rings. The number of methoxy groups -OCH3 is 2. The van der Waals surface area contributed by atoms with Crippen molar-refractivity contribution >= 4 is 21.6 Å². The van der Waals surface area contributed by atoms with Crippen molar-refractivity contribution in [3.8, 4) is 11.5 Å². The maximum Gasteiger partial charge on any atom is 0.264 e. The van der Waals surface area contributed by atoms with Gasteiger partial charge >= 0.3 is 0 Å². The van der Waals surface area contributed by atoms with E-state index < -0.39 is 22.5 Å². The molecule has 0 aromatic heterocycles. The van der Waals surface area contributed by atoms with Crippen molar-refractivity contribution in [3.05, 3.63) is 82.9 Å². The predicted octanol–water partition coefficient (Wildman–Crippen LogP) is 4.70. The summed E-state index contributed by atoms with van der Waals surface area (Å²) in [5.74, 6) is 0.295. The highest BCUT2D eigenvalue weighted by Gasteiger charge is 2.30. The van der Waals surface area contributed by atoms with Gasteiger partial charge in [-0.25, -0.2) is 8.42 Å². The lowest BCUT2D eigenvalue weighted by Crippen LogP contribution is -2.41. The molecule has 1 atom stereocenters. The van der Waals surface area contributed by atoms with Gasteiger partial charge in [-0.15, -0.1) is 0 Å². The number of aryl methyl sites for hydroxylation is 3. The van der Waals surface area contributed by atoms with Crippen LogP contribution in [0.15, 0.2) is 65.6 Å². The van der Waals surface area contributed by atoms with Crippen molar-refractivity contribution in [2.75, 3.05) is 25.1 Å². The first-order valence-corrected chi connectivity index (χ1v) is 12.7. The van der Waals surface area contributed by atoms with Gasteiger partial charge in [0.25, 0.3) is 10.0 Å². The van der Waals surface area contributed by atoms with E-state index in [1.54, 1.807) is 30.3 Å². The second-order valence-corrected chi connectivity index (χ2v) is 10.4. The molecule has 0 bridgehead atoms. The number of amides is 1. The number of ether oxygens (including phenoxy) is 2. The number of benzene rings is 3. The number of sulfonamides is 1. The summed E-state index contributed by atoms with van der Waals surface area (Å²) in [6.45, 7) is 7.31. The second kappa shape index (κ2) is 10.8. The average molecular weight is 497 g/mol. The molecule has 0 heterocycles. The maximum atomic E-state index is 13.7. The van der Waals surface area contributed by atoms with Gasteiger partial charge < -0.3 is 14.8 Å². The Morgan fingerprint density at radius 3 is 2.17 bits per heavy atom. The number of carbonyl (C=O) groups is 1. The number of carbonyl (C=O) groups excluding carboxylic acids is 1.